The molecule has 1 aromatic carbocycles. The van der Waals surface area contributed by atoms with Gasteiger partial charge in [-0.25, -0.2) is 22.5 Å². The van der Waals surface area contributed by atoms with Crippen LogP contribution in [0.3, 0.4) is 0 Å². The van der Waals surface area contributed by atoms with Crippen LogP contribution in [0.5, 0.6) is 5.75 Å². The zero-order chi connectivity index (χ0) is 18.2. The first-order valence-electron chi connectivity index (χ1n) is 7.67. The molecule has 0 saturated carbocycles. The number of rotatable bonds is 4. The van der Waals surface area contributed by atoms with Gasteiger partial charge in [-0.3, -0.25) is 4.79 Å². The Labute approximate surface area is 144 Å². The summed E-state index contributed by atoms with van der Waals surface area (Å²) in [4.78, 5) is 24.1. The van der Waals surface area contributed by atoms with Crippen LogP contribution in [0.1, 0.15) is 12.8 Å². The highest BCUT2D eigenvalue weighted by molar-refractivity contribution is 7.89. The van der Waals surface area contributed by atoms with Crippen molar-refractivity contribution in [2.75, 3.05) is 26.8 Å². The third-order valence-electron chi connectivity index (χ3n) is 4.32. The molecule has 0 aliphatic carbocycles. The van der Waals surface area contributed by atoms with E-state index in [1.165, 1.54) is 17.5 Å². The minimum Gasteiger partial charge on any atom is -0.495 e. The summed E-state index contributed by atoms with van der Waals surface area (Å²) in [5.41, 5.74) is 0. The predicted octanol–water partition coefficient (Wildman–Crippen LogP) is 0.966. The molecule has 2 amide bonds. The molecule has 2 heterocycles. The van der Waals surface area contributed by atoms with E-state index in [2.05, 4.69) is 4.74 Å². The molecule has 1 aromatic rings. The number of carbonyl (C=O) groups is 2. The lowest BCUT2D eigenvalue weighted by molar-refractivity contribution is -0.127. The summed E-state index contributed by atoms with van der Waals surface area (Å²) in [6, 6.07) is 2.90. The summed E-state index contributed by atoms with van der Waals surface area (Å²) in [6.07, 6.45) is -0.117. The third kappa shape index (κ3) is 3.19. The predicted molar refractivity (Wildman–Crippen MR) is 82.9 cm³/mol. The largest absolute Gasteiger partial charge is 0.495 e. The Morgan fingerprint density at radius 1 is 1.24 bits per heavy atom. The molecule has 2 fully saturated rings. The smallest absolute Gasteiger partial charge is 0.417 e. The van der Waals surface area contributed by atoms with Gasteiger partial charge in [-0.1, -0.05) is 0 Å². The van der Waals surface area contributed by atoms with Crippen molar-refractivity contribution in [2.45, 2.75) is 23.8 Å². The molecule has 0 aromatic heterocycles. The van der Waals surface area contributed by atoms with Gasteiger partial charge in [0.05, 0.1) is 7.11 Å². The number of nitrogens with zero attached hydrogens (tertiary/aromatic N) is 2. The second kappa shape index (κ2) is 6.60. The van der Waals surface area contributed by atoms with E-state index in [1.54, 1.807) is 0 Å². The number of imide groups is 1. The Kier molecular flexibility index (Phi) is 4.65. The van der Waals surface area contributed by atoms with Crippen molar-refractivity contribution in [3.63, 3.8) is 0 Å². The zero-order valence-corrected chi connectivity index (χ0v) is 14.3. The summed E-state index contributed by atoms with van der Waals surface area (Å²) in [6.45, 7) is -0.0781. The molecule has 2 aliphatic heterocycles. The Morgan fingerprint density at radius 3 is 2.48 bits per heavy atom. The lowest BCUT2D eigenvalue weighted by Crippen LogP contribution is -2.48. The summed E-state index contributed by atoms with van der Waals surface area (Å²) in [5, 5.41) is 0. The molecule has 3 rings (SSSR count). The molecule has 0 radical (unpaired) electrons. The van der Waals surface area contributed by atoms with Crippen LogP contribution in [-0.4, -0.2) is 62.5 Å². The molecule has 25 heavy (non-hydrogen) atoms. The summed E-state index contributed by atoms with van der Waals surface area (Å²) >= 11 is 0. The van der Waals surface area contributed by atoms with Gasteiger partial charge in [0, 0.05) is 19.1 Å². The fourth-order valence-corrected chi connectivity index (χ4v) is 4.69. The van der Waals surface area contributed by atoms with Crippen LogP contribution in [0.25, 0.3) is 0 Å². The molecule has 136 valence electrons. The molecule has 2 aliphatic rings. The van der Waals surface area contributed by atoms with Crippen molar-refractivity contribution in [1.82, 2.24) is 9.21 Å². The average molecular weight is 372 g/mol. The lowest BCUT2D eigenvalue weighted by atomic mass is 10.1. The molecule has 8 nitrogen and oxygen atoms in total. The topological polar surface area (TPSA) is 93.2 Å². The van der Waals surface area contributed by atoms with Crippen LogP contribution >= 0.6 is 0 Å². The maximum Gasteiger partial charge on any atom is 0.417 e. The zero-order valence-electron chi connectivity index (χ0n) is 13.5. The normalized spacial score (nSPS) is 20.0. The van der Waals surface area contributed by atoms with Crippen molar-refractivity contribution >= 4 is 22.0 Å². The highest BCUT2D eigenvalue weighted by atomic mass is 32.2. The van der Waals surface area contributed by atoms with Crippen LogP contribution < -0.4 is 4.74 Å². The minimum absolute atomic E-state index is 0.0572. The van der Waals surface area contributed by atoms with Crippen LogP contribution in [-0.2, 0) is 19.6 Å². The summed E-state index contributed by atoms with van der Waals surface area (Å²) in [5.74, 6) is -1.04. The molecular weight excluding hydrogens is 355 g/mol. The lowest BCUT2D eigenvalue weighted by Gasteiger charge is -2.34. The van der Waals surface area contributed by atoms with Gasteiger partial charge < -0.3 is 9.47 Å². The second-order valence-electron chi connectivity index (χ2n) is 5.75. The van der Waals surface area contributed by atoms with Gasteiger partial charge >= 0.3 is 6.09 Å². The first kappa shape index (κ1) is 17.6. The second-order valence-corrected chi connectivity index (χ2v) is 7.66. The Balaban J connectivity index is 1.77. The van der Waals surface area contributed by atoms with Crippen molar-refractivity contribution in [3.8, 4) is 5.75 Å². The van der Waals surface area contributed by atoms with E-state index in [0.717, 1.165) is 17.0 Å². The molecule has 0 unspecified atom stereocenters. The van der Waals surface area contributed by atoms with Crippen molar-refractivity contribution < 1.29 is 31.9 Å². The van der Waals surface area contributed by atoms with Crippen LogP contribution in [0.4, 0.5) is 9.18 Å². The highest BCUT2D eigenvalue weighted by Crippen LogP contribution is 2.30. The van der Waals surface area contributed by atoms with E-state index < -0.39 is 33.9 Å². The number of cyclic esters (lactones) is 1. The molecular formula is C15H17FN2O6S. The minimum atomic E-state index is -3.95. The van der Waals surface area contributed by atoms with E-state index >= 15 is 0 Å². The van der Waals surface area contributed by atoms with Gasteiger partial charge in [-0.2, -0.15) is 4.31 Å². The van der Waals surface area contributed by atoms with E-state index in [0.29, 0.717) is 0 Å². The number of ether oxygens (including phenoxy) is 2. The van der Waals surface area contributed by atoms with Crippen LogP contribution in [0, 0.1) is 5.82 Å². The van der Waals surface area contributed by atoms with Gasteiger partial charge in [-0.05, 0) is 31.0 Å². The fraction of sp³-hybridized carbons (Fsp3) is 0.467. The van der Waals surface area contributed by atoms with Gasteiger partial charge in [0.25, 0.3) is 5.91 Å². The average Bonchev–Trinajstić information content (AvgIpc) is 2.93. The number of hydrogen-bond donors (Lipinski definition) is 0. The van der Waals surface area contributed by atoms with E-state index in [1.807, 2.05) is 0 Å². The first-order valence-corrected chi connectivity index (χ1v) is 9.11. The van der Waals surface area contributed by atoms with Crippen molar-refractivity contribution in [3.05, 3.63) is 24.0 Å². The molecule has 0 spiro atoms. The standard InChI is InChI=1S/C15H17FN2O6S/c1-23-12-3-2-10(16)8-13(12)25(21,22)17-6-4-11(5-7-17)18-14(19)9-24-15(18)20/h2-3,8,11H,4-7,9H2,1H3. The number of halogens is 1. The van der Waals surface area contributed by atoms with Crippen molar-refractivity contribution in [2.24, 2.45) is 0 Å². The van der Waals surface area contributed by atoms with E-state index in [-0.39, 0.29) is 43.2 Å². The number of benzene rings is 1. The Morgan fingerprint density at radius 2 is 1.92 bits per heavy atom. The molecule has 2 saturated heterocycles. The fourth-order valence-electron chi connectivity index (χ4n) is 3.05. The maximum absolute atomic E-state index is 13.5. The van der Waals surface area contributed by atoms with Gasteiger partial charge in [0.15, 0.2) is 6.61 Å². The van der Waals surface area contributed by atoms with E-state index in [9.17, 15) is 22.4 Å². The number of carbonyl (C=O) groups excluding carboxylic acids is 2. The van der Waals surface area contributed by atoms with Gasteiger partial charge in [0.2, 0.25) is 10.0 Å². The first-order chi connectivity index (χ1) is 11.8. The molecule has 10 heteroatoms. The molecule has 0 bridgehead atoms. The van der Waals surface area contributed by atoms with Crippen LogP contribution in [0.2, 0.25) is 0 Å². The quantitative estimate of drug-likeness (QED) is 0.782. The summed E-state index contributed by atoms with van der Waals surface area (Å²) in [7, 11) is -2.64. The van der Waals surface area contributed by atoms with E-state index in [4.69, 9.17) is 4.74 Å². The SMILES string of the molecule is COc1ccc(F)cc1S(=O)(=O)N1CCC(N2C(=O)COC2=O)CC1. The number of piperidine rings is 1. The Bertz CT molecular complexity index is 788. The highest BCUT2D eigenvalue weighted by Gasteiger charge is 2.40. The number of hydrogen-bond acceptors (Lipinski definition) is 6. The summed E-state index contributed by atoms with van der Waals surface area (Å²) < 4.78 is 50.0. The third-order valence-corrected chi connectivity index (χ3v) is 6.24. The van der Waals surface area contributed by atoms with Gasteiger partial charge in [0.1, 0.15) is 16.5 Å². The Hall–Kier alpha value is -2.20. The number of methoxy groups -OCH3 is 1. The van der Waals surface area contributed by atoms with Crippen molar-refractivity contribution in [1.29, 1.82) is 0 Å². The number of sulfonamides is 1. The molecule has 0 atom stereocenters. The maximum atomic E-state index is 13.5. The monoisotopic (exact) mass is 372 g/mol. The number of amides is 2. The van der Waals surface area contributed by atoms with Crippen LogP contribution in [0.15, 0.2) is 23.1 Å². The van der Waals surface area contributed by atoms with Gasteiger partial charge in [-0.15, -0.1) is 0 Å². The molecule has 0 N–H and O–H groups in total.